The molecule has 3 aromatic carbocycles. The molecule has 3 rings (SSSR count). The van der Waals surface area contributed by atoms with Crippen LogP contribution in [0.25, 0.3) is 5.57 Å². The highest BCUT2D eigenvalue weighted by Crippen LogP contribution is 2.30. The van der Waals surface area contributed by atoms with Gasteiger partial charge in [0.25, 0.3) is 0 Å². The molecule has 0 saturated heterocycles. The predicted octanol–water partition coefficient (Wildman–Crippen LogP) is 5.88. The number of rotatable bonds is 7. The zero-order valence-corrected chi connectivity index (χ0v) is 15.3. The molecule has 0 unspecified atom stereocenters. The molecule has 0 amide bonds. The van der Waals surface area contributed by atoms with E-state index < -0.39 is 0 Å². The van der Waals surface area contributed by atoms with Crippen molar-refractivity contribution in [1.82, 2.24) is 5.32 Å². The number of nitrogens with one attached hydrogen (secondary N) is 1. The van der Waals surface area contributed by atoms with Gasteiger partial charge >= 0.3 is 0 Å². The summed E-state index contributed by atoms with van der Waals surface area (Å²) in [5.41, 5.74) is 3.78. The van der Waals surface area contributed by atoms with E-state index in [9.17, 15) is 0 Å². The average Bonchev–Trinajstić information content (AvgIpc) is 2.68. The highest BCUT2D eigenvalue weighted by Gasteiger charge is 2.05. The van der Waals surface area contributed by atoms with Gasteiger partial charge in [-0.2, -0.15) is 0 Å². The maximum absolute atomic E-state index is 3.38. The molecule has 0 saturated carbocycles. The quantitative estimate of drug-likeness (QED) is 0.537. The smallest absolute Gasteiger partial charge is 0.0144 e. The van der Waals surface area contributed by atoms with Crippen molar-refractivity contribution >= 4 is 17.3 Å². The van der Waals surface area contributed by atoms with Crippen LogP contribution in [0.1, 0.15) is 18.1 Å². The van der Waals surface area contributed by atoms with Gasteiger partial charge in [-0.1, -0.05) is 85.4 Å². The lowest BCUT2D eigenvalue weighted by atomic mass is 9.97. The number of likely N-dealkylation sites (N-methyl/N-ethyl adjacent to an activating group) is 1. The van der Waals surface area contributed by atoms with Crippen LogP contribution in [0.15, 0.2) is 101 Å². The molecule has 1 N–H and O–H groups in total. The van der Waals surface area contributed by atoms with E-state index in [-0.39, 0.29) is 0 Å². The van der Waals surface area contributed by atoms with Gasteiger partial charge in [0.05, 0.1) is 0 Å². The second kappa shape index (κ2) is 9.26. The van der Waals surface area contributed by atoms with E-state index in [1.165, 1.54) is 26.5 Å². The van der Waals surface area contributed by atoms with Crippen LogP contribution < -0.4 is 5.32 Å². The van der Waals surface area contributed by atoms with Gasteiger partial charge in [-0.25, -0.2) is 0 Å². The van der Waals surface area contributed by atoms with Gasteiger partial charge in [0.2, 0.25) is 0 Å². The summed E-state index contributed by atoms with van der Waals surface area (Å²) in [6, 6.07) is 29.9. The molecule has 25 heavy (non-hydrogen) atoms. The molecule has 2 heteroatoms. The van der Waals surface area contributed by atoms with E-state index in [1.807, 2.05) is 0 Å². The molecule has 0 aliphatic heterocycles. The molecule has 0 fully saturated rings. The molecule has 126 valence electrons. The van der Waals surface area contributed by atoms with Crippen LogP contribution in [0.3, 0.4) is 0 Å². The fourth-order valence-electron chi connectivity index (χ4n) is 2.67. The molecule has 0 aliphatic rings. The molecular formula is C23H23NS. The molecule has 0 heterocycles. The maximum Gasteiger partial charge on any atom is 0.0144 e. The summed E-state index contributed by atoms with van der Waals surface area (Å²) < 4.78 is 0. The van der Waals surface area contributed by atoms with Crippen LogP contribution in [0, 0.1) is 0 Å². The Kier molecular flexibility index (Phi) is 6.49. The van der Waals surface area contributed by atoms with Gasteiger partial charge < -0.3 is 5.32 Å². The van der Waals surface area contributed by atoms with Crippen molar-refractivity contribution in [2.24, 2.45) is 0 Å². The minimum absolute atomic E-state index is 0.876. The topological polar surface area (TPSA) is 12.0 Å². The van der Waals surface area contributed by atoms with Crippen LogP contribution in [-0.4, -0.2) is 13.1 Å². The van der Waals surface area contributed by atoms with E-state index in [1.54, 1.807) is 11.8 Å². The lowest BCUT2D eigenvalue weighted by molar-refractivity contribution is 0.800. The molecule has 0 aromatic heterocycles. The van der Waals surface area contributed by atoms with Gasteiger partial charge in [-0.05, 0) is 47.5 Å². The third-order valence-corrected chi connectivity index (χ3v) is 4.95. The van der Waals surface area contributed by atoms with Gasteiger partial charge in [0.15, 0.2) is 0 Å². The summed E-state index contributed by atoms with van der Waals surface area (Å²) in [6.07, 6.45) is 2.28. The summed E-state index contributed by atoms with van der Waals surface area (Å²) in [7, 11) is 0. The van der Waals surface area contributed by atoms with Gasteiger partial charge in [-0.3, -0.25) is 0 Å². The van der Waals surface area contributed by atoms with Crippen molar-refractivity contribution in [3.63, 3.8) is 0 Å². The van der Waals surface area contributed by atoms with Gasteiger partial charge in [0, 0.05) is 16.3 Å². The van der Waals surface area contributed by atoms with Gasteiger partial charge in [0.1, 0.15) is 0 Å². The molecule has 0 aliphatic carbocycles. The van der Waals surface area contributed by atoms with Crippen molar-refractivity contribution in [3.8, 4) is 0 Å². The number of benzene rings is 3. The zero-order valence-electron chi connectivity index (χ0n) is 14.5. The normalized spacial score (nSPS) is 11.5. The van der Waals surface area contributed by atoms with E-state index in [2.05, 4.69) is 103 Å². The minimum Gasteiger partial charge on any atom is -0.314 e. The van der Waals surface area contributed by atoms with Crippen molar-refractivity contribution in [2.45, 2.75) is 16.7 Å². The number of hydrogen-bond donors (Lipinski definition) is 1. The largest absolute Gasteiger partial charge is 0.314 e. The Bertz CT molecular complexity index is 793. The van der Waals surface area contributed by atoms with E-state index in [0.29, 0.717) is 0 Å². The van der Waals surface area contributed by atoms with E-state index >= 15 is 0 Å². The van der Waals surface area contributed by atoms with E-state index in [4.69, 9.17) is 0 Å². The lowest BCUT2D eigenvalue weighted by Gasteiger charge is -2.10. The first kappa shape index (κ1) is 17.5. The number of hydrogen-bond acceptors (Lipinski definition) is 2. The molecule has 0 atom stereocenters. The Morgan fingerprint density at radius 2 is 1.32 bits per heavy atom. The summed E-state index contributed by atoms with van der Waals surface area (Å²) in [5.74, 6) is 0. The maximum atomic E-state index is 3.38. The lowest BCUT2D eigenvalue weighted by Crippen LogP contribution is -2.12. The third-order valence-electron chi connectivity index (χ3n) is 3.93. The molecule has 3 aromatic rings. The Morgan fingerprint density at radius 3 is 1.96 bits per heavy atom. The van der Waals surface area contributed by atoms with E-state index in [0.717, 1.165) is 13.1 Å². The standard InChI is InChI=1S/C23H23NS/c1-2-24-18-17-23(19-9-5-3-6-10-19)20-13-15-22(16-14-20)25-21-11-7-4-8-12-21/h3-17,24H,2,18H2,1H3. The average molecular weight is 346 g/mol. The second-order valence-corrected chi connectivity index (χ2v) is 6.88. The van der Waals surface area contributed by atoms with Crippen LogP contribution in [0.4, 0.5) is 0 Å². The second-order valence-electron chi connectivity index (χ2n) is 5.73. The fraction of sp³-hybridized carbons (Fsp3) is 0.130. The SMILES string of the molecule is CCNCC=C(c1ccccc1)c1ccc(Sc2ccccc2)cc1. The van der Waals surface area contributed by atoms with Crippen molar-refractivity contribution in [1.29, 1.82) is 0 Å². The van der Waals surface area contributed by atoms with Gasteiger partial charge in [-0.15, -0.1) is 0 Å². The molecule has 1 nitrogen and oxygen atoms in total. The van der Waals surface area contributed by atoms with Crippen molar-refractivity contribution in [3.05, 3.63) is 102 Å². The molecular weight excluding hydrogens is 322 g/mol. The molecule has 0 spiro atoms. The summed E-state index contributed by atoms with van der Waals surface area (Å²) in [5, 5.41) is 3.38. The van der Waals surface area contributed by atoms with Crippen molar-refractivity contribution in [2.75, 3.05) is 13.1 Å². The zero-order chi connectivity index (χ0) is 17.3. The summed E-state index contributed by atoms with van der Waals surface area (Å²) in [4.78, 5) is 2.52. The van der Waals surface area contributed by atoms with Crippen LogP contribution in [0.2, 0.25) is 0 Å². The predicted molar refractivity (Wildman–Crippen MR) is 109 cm³/mol. The van der Waals surface area contributed by atoms with Crippen molar-refractivity contribution < 1.29 is 0 Å². The van der Waals surface area contributed by atoms with Crippen LogP contribution >= 0.6 is 11.8 Å². The Labute approximate surface area is 154 Å². The first-order valence-corrected chi connectivity index (χ1v) is 9.48. The Morgan fingerprint density at radius 1 is 0.760 bits per heavy atom. The summed E-state index contributed by atoms with van der Waals surface area (Å²) in [6.45, 7) is 3.98. The Hall–Kier alpha value is -2.29. The van der Waals surface area contributed by atoms with Crippen LogP contribution in [0.5, 0.6) is 0 Å². The monoisotopic (exact) mass is 345 g/mol. The Balaban J connectivity index is 1.82. The van der Waals surface area contributed by atoms with Crippen LogP contribution in [-0.2, 0) is 0 Å². The minimum atomic E-state index is 0.876. The fourth-order valence-corrected chi connectivity index (χ4v) is 3.50. The first-order chi connectivity index (χ1) is 12.4. The highest BCUT2D eigenvalue weighted by atomic mass is 32.2. The molecule has 0 bridgehead atoms. The highest BCUT2D eigenvalue weighted by molar-refractivity contribution is 7.99. The summed E-state index contributed by atoms with van der Waals surface area (Å²) >= 11 is 1.79. The first-order valence-electron chi connectivity index (χ1n) is 8.66. The molecule has 0 radical (unpaired) electrons. The third kappa shape index (κ3) is 5.09.